The maximum atomic E-state index is 12.0. The van der Waals surface area contributed by atoms with E-state index in [2.05, 4.69) is 4.99 Å². The molecule has 0 atom stereocenters. The van der Waals surface area contributed by atoms with Gasteiger partial charge < -0.3 is 0 Å². The summed E-state index contributed by atoms with van der Waals surface area (Å²) in [6.07, 6.45) is 5.77. The second-order valence-corrected chi connectivity index (χ2v) is 5.03. The fraction of sp³-hybridized carbons (Fsp3) is 0.143. The normalized spacial score (nSPS) is 15.0. The highest BCUT2D eigenvalue weighted by Gasteiger charge is 2.08. The predicted octanol–water partition coefficient (Wildman–Crippen LogP) is 1.04. The minimum Gasteiger partial charge on any atom is -0.282 e. The summed E-state index contributed by atoms with van der Waals surface area (Å²) in [5.74, 6) is 0. The highest BCUT2D eigenvalue weighted by Crippen LogP contribution is 2.00. The molecule has 1 aromatic carbocycles. The summed E-state index contributed by atoms with van der Waals surface area (Å²) < 4.78 is 2.49. The lowest BCUT2D eigenvalue weighted by molar-refractivity contribution is 0.740. The summed E-state index contributed by atoms with van der Waals surface area (Å²) >= 11 is 1.46. The summed E-state index contributed by atoms with van der Waals surface area (Å²) in [7, 11) is 0. The van der Waals surface area contributed by atoms with E-state index in [1.54, 1.807) is 4.57 Å². The second-order valence-electron chi connectivity index (χ2n) is 4.02. The summed E-state index contributed by atoms with van der Waals surface area (Å²) in [5, 5.41) is 0. The lowest BCUT2D eigenvalue weighted by Crippen LogP contribution is -2.29. The minimum absolute atomic E-state index is 0.0777. The van der Waals surface area contributed by atoms with Crippen molar-refractivity contribution in [2.75, 3.05) is 6.54 Å². The first-order chi connectivity index (χ1) is 8.84. The van der Waals surface area contributed by atoms with Crippen LogP contribution in [0.15, 0.2) is 46.2 Å². The maximum absolute atomic E-state index is 12.0. The predicted molar refractivity (Wildman–Crippen MR) is 74.2 cm³/mol. The Balaban J connectivity index is 1.95. The SMILES string of the molecule is O=c1c(=C/C=C\c2ccccc2)sc2n1CCN=2. The molecule has 0 aliphatic carbocycles. The van der Waals surface area contributed by atoms with E-state index in [0.717, 1.165) is 28.0 Å². The molecule has 0 radical (unpaired) electrons. The Labute approximate surface area is 108 Å². The number of fused-ring (bicyclic) bond motifs is 1. The molecule has 0 fully saturated rings. The standard InChI is InChI=1S/C14H12N2OS/c17-13-12(18-14-15-9-10-16(13)14)8-4-7-11-5-2-1-3-6-11/h1-8H,9-10H2/b7-4-,12-8?. The van der Waals surface area contributed by atoms with Gasteiger partial charge in [0.25, 0.3) is 5.56 Å². The van der Waals surface area contributed by atoms with Crippen molar-refractivity contribution in [3.63, 3.8) is 0 Å². The van der Waals surface area contributed by atoms with Crippen LogP contribution in [0.4, 0.5) is 0 Å². The quantitative estimate of drug-likeness (QED) is 0.790. The Hall–Kier alpha value is -1.94. The number of allylic oxidation sites excluding steroid dienone is 1. The molecule has 18 heavy (non-hydrogen) atoms. The number of aromatic nitrogens is 1. The van der Waals surface area contributed by atoms with E-state index < -0.39 is 0 Å². The van der Waals surface area contributed by atoms with Crippen LogP contribution in [-0.2, 0) is 6.54 Å². The zero-order chi connectivity index (χ0) is 12.4. The van der Waals surface area contributed by atoms with Crippen molar-refractivity contribution in [2.45, 2.75) is 6.54 Å². The molecule has 1 aromatic heterocycles. The van der Waals surface area contributed by atoms with Crippen molar-refractivity contribution in [2.24, 2.45) is 4.99 Å². The van der Waals surface area contributed by atoms with E-state index in [1.807, 2.05) is 48.6 Å². The molecule has 3 nitrogen and oxygen atoms in total. The first-order valence-electron chi connectivity index (χ1n) is 5.82. The van der Waals surface area contributed by atoms with Gasteiger partial charge in [0, 0.05) is 6.54 Å². The molecule has 1 aliphatic heterocycles. The number of rotatable bonds is 2. The molecule has 3 rings (SSSR count). The monoisotopic (exact) mass is 256 g/mol. The van der Waals surface area contributed by atoms with Crippen molar-refractivity contribution in [3.05, 3.63) is 61.7 Å². The van der Waals surface area contributed by atoms with Crippen molar-refractivity contribution < 1.29 is 0 Å². The van der Waals surface area contributed by atoms with Crippen LogP contribution in [-0.4, -0.2) is 11.1 Å². The van der Waals surface area contributed by atoms with E-state index in [1.165, 1.54) is 11.3 Å². The highest BCUT2D eigenvalue weighted by atomic mass is 32.1. The Morgan fingerprint density at radius 1 is 1.28 bits per heavy atom. The summed E-state index contributed by atoms with van der Waals surface area (Å²) in [6, 6.07) is 10.0. The van der Waals surface area contributed by atoms with Crippen molar-refractivity contribution in [3.8, 4) is 0 Å². The molecule has 2 aromatic rings. The summed E-state index contributed by atoms with van der Waals surface area (Å²) in [6.45, 7) is 1.46. The van der Waals surface area contributed by atoms with E-state index in [4.69, 9.17) is 0 Å². The van der Waals surface area contributed by atoms with Gasteiger partial charge in [-0.3, -0.25) is 14.4 Å². The number of benzene rings is 1. The molecule has 0 bridgehead atoms. The third kappa shape index (κ3) is 2.07. The first-order valence-corrected chi connectivity index (χ1v) is 6.64. The fourth-order valence-corrected chi connectivity index (χ4v) is 2.87. The van der Waals surface area contributed by atoms with Gasteiger partial charge in [-0.1, -0.05) is 53.8 Å². The molecule has 0 saturated heterocycles. The molecule has 4 heteroatoms. The van der Waals surface area contributed by atoms with Crippen molar-refractivity contribution in [1.29, 1.82) is 0 Å². The zero-order valence-corrected chi connectivity index (χ0v) is 10.6. The molecule has 0 amide bonds. The van der Waals surface area contributed by atoms with Crippen LogP contribution in [0.25, 0.3) is 12.2 Å². The van der Waals surface area contributed by atoms with Gasteiger partial charge in [0.1, 0.15) is 0 Å². The van der Waals surface area contributed by atoms with Gasteiger partial charge in [-0.15, -0.1) is 0 Å². The topological polar surface area (TPSA) is 34.4 Å². The third-order valence-electron chi connectivity index (χ3n) is 2.79. The van der Waals surface area contributed by atoms with Gasteiger partial charge in [-0.2, -0.15) is 0 Å². The van der Waals surface area contributed by atoms with Gasteiger partial charge in [-0.05, 0) is 11.6 Å². The molecule has 2 heterocycles. The number of thiazole rings is 1. The van der Waals surface area contributed by atoms with Gasteiger partial charge in [0.15, 0.2) is 4.80 Å². The Morgan fingerprint density at radius 3 is 2.89 bits per heavy atom. The van der Waals surface area contributed by atoms with Crippen LogP contribution in [0.3, 0.4) is 0 Å². The Bertz CT molecular complexity index is 753. The highest BCUT2D eigenvalue weighted by molar-refractivity contribution is 7.07. The summed E-state index contributed by atoms with van der Waals surface area (Å²) in [4.78, 5) is 17.1. The van der Waals surface area contributed by atoms with E-state index >= 15 is 0 Å². The van der Waals surface area contributed by atoms with Gasteiger partial charge in [-0.25, -0.2) is 0 Å². The Morgan fingerprint density at radius 2 is 2.11 bits per heavy atom. The lowest BCUT2D eigenvalue weighted by Gasteiger charge is -1.88. The average Bonchev–Trinajstić information content (AvgIpc) is 2.96. The molecule has 90 valence electrons. The lowest BCUT2D eigenvalue weighted by atomic mass is 10.2. The minimum atomic E-state index is 0.0777. The summed E-state index contributed by atoms with van der Waals surface area (Å²) in [5.41, 5.74) is 1.21. The first kappa shape index (κ1) is 11.2. The zero-order valence-electron chi connectivity index (χ0n) is 9.74. The third-order valence-corrected chi connectivity index (χ3v) is 3.86. The van der Waals surface area contributed by atoms with Crippen LogP contribution in [0.2, 0.25) is 0 Å². The van der Waals surface area contributed by atoms with Gasteiger partial charge >= 0.3 is 0 Å². The van der Waals surface area contributed by atoms with Crippen LogP contribution in [0.5, 0.6) is 0 Å². The number of hydrogen-bond donors (Lipinski definition) is 0. The van der Waals surface area contributed by atoms with Gasteiger partial charge in [0.05, 0.1) is 11.1 Å². The van der Waals surface area contributed by atoms with E-state index in [0.29, 0.717) is 0 Å². The molecule has 0 saturated carbocycles. The number of hydrogen-bond acceptors (Lipinski definition) is 3. The molecular weight excluding hydrogens is 244 g/mol. The maximum Gasteiger partial charge on any atom is 0.270 e. The van der Waals surface area contributed by atoms with E-state index in [9.17, 15) is 4.79 Å². The Kier molecular flexibility index (Phi) is 2.94. The smallest absolute Gasteiger partial charge is 0.270 e. The number of nitrogens with zero attached hydrogens (tertiary/aromatic N) is 2. The van der Waals surface area contributed by atoms with Crippen molar-refractivity contribution in [1.82, 2.24) is 4.57 Å². The van der Waals surface area contributed by atoms with Crippen LogP contribution < -0.4 is 14.9 Å². The molecule has 1 aliphatic rings. The van der Waals surface area contributed by atoms with Crippen LogP contribution >= 0.6 is 11.3 Å². The molecule has 0 spiro atoms. The van der Waals surface area contributed by atoms with Gasteiger partial charge in [0.2, 0.25) is 0 Å². The van der Waals surface area contributed by atoms with Crippen LogP contribution in [0.1, 0.15) is 5.56 Å². The van der Waals surface area contributed by atoms with Crippen LogP contribution in [0, 0.1) is 0 Å². The molecular formula is C14H12N2OS. The fourth-order valence-electron chi connectivity index (χ4n) is 1.89. The average molecular weight is 256 g/mol. The van der Waals surface area contributed by atoms with Crippen molar-refractivity contribution >= 4 is 23.5 Å². The van der Waals surface area contributed by atoms with E-state index in [-0.39, 0.29) is 5.56 Å². The molecule has 0 N–H and O–H groups in total. The largest absolute Gasteiger partial charge is 0.282 e. The molecule has 0 unspecified atom stereocenters. The second kappa shape index (κ2) is 4.74.